The zero-order chi connectivity index (χ0) is 16.1. The van der Waals surface area contributed by atoms with Crippen molar-refractivity contribution >= 4 is 24.1 Å². The fourth-order valence-corrected chi connectivity index (χ4v) is 2.35. The number of nitrogens with zero attached hydrogens (tertiary/aromatic N) is 3. The van der Waals surface area contributed by atoms with Crippen molar-refractivity contribution in [3.05, 3.63) is 58.7 Å². The molecule has 0 radical (unpaired) electrons. The lowest BCUT2D eigenvalue weighted by atomic mass is 10.1. The van der Waals surface area contributed by atoms with Crippen LogP contribution in [0.5, 0.6) is 0 Å². The monoisotopic (exact) mass is 293 g/mol. The van der Waals surface area contributed by atoms with Crippen molar-refractivity contribution in [3.63, 3.8) is 0 Å². The van der Waals surface area contributed by atoms with Crippen LogP contribution in [0.2, 0.25) is 0 Å². The van der Waals surface area contributed by atoms with Crippen LogP contribution >= 0.6 is 0 Å². The maximum atomic E-state index is 4.57. The van der Waals surface area contributed by atoms with Gasteiger partial charge < -0.3 is 4.90 Å². The van der Waals surface area contributed by atoms with Crippen molar-refractivity contribution in [2.24, 2.45) is 9.98 Å². The molecule has 0 saturated heterocycles. The van der Waals surface area contributed by atoms with Gasteiger partial charge in [0, 0.05) is 7.05 Å². The predicted octanol–water partition coefficient (Wildman–Crippen LogP) is 4.87. The minimum Gasteiger partial charge on any atom is -0.326 e. The summed E-state index contributed by atoms with van der Waals surface area (Å²) in [6, 6.07) is 12.4. The Bertz CT molecular complexity index is 613. The molecule has 2 aromatic carbocycles. The molecule has 0 N–H and O–H groups in total. The summed E-state index contributed by atoms with van der Waals surface area (Å²) in [5.41, 5.74) is 6.75. The van der Waals surface area contributed by atoms with Gasteiger partial charge in [0.1, 0.15) is 0 Å². The maximum Gasteiger partial charge on any atom is 0.0961 e. The molecule has 2 rings (SSSR count). The quantitative estimate of drug-likeness (QED) is 0.583. The van der Waals surface area contributed by atoms with Crippen LogP contribution in [0.4, 0.5) is 11.4 Å². The van der Waals surface area contributed by atoms with Crippen molar-refractivity contribution < 1.29 is 0 Å². The third-order valence-electron chi connectivity index (χ3n) is 3.62. The molecule has 0 spiro atoms. The fraction of sp³-hybridized carbons (Fsp3) is 0.263. The van der Waals surface area contributed by atoms with Crippen molar-refractivity contribution in [2.75, 3.05) is 7.05 Å². The Morgan fingerprint density at radius 3 is 1.32 bits per heavy atom. The molecule has 114 valence electrons. The Kier molecular flexibility index (Phi) is 5.10. The van der Waals surface area contributed by atoms with Gasteiger partial charge in [-0.3, -0.25) is 0 Å². The predicted molar refractivity (Wildman–Crippen MR) is 95.9 cm³/mol. The normalized spacial score (nSPS) is 11.5. The molecule has 2 aromatic rings. The molecule has 3 nitrogen and oxygen atoms in total. The van der Waals surface area contributed by atoms with Gasteiger partial charge in [0.15, 0.2) is 0 Å². The van der Waals surface area contributed by atoms with Gasteiger partial charge in [0.05, 0.1) is 24.1 Å². The zero-order valence-electron chi connectivity index (χ0n) is 14.0. The number of hydrogen-bond donors (Lipinski definition) is 0. The first-order valence-electron chi connectivity index (χ1n) is 7.42. The zero-order valence-corrected chi connectivity index (χ0v) is 14.0. The average molecular weight is 293 g/mol. The van der Waals surface area contributed by atoms with E-state index in [0.29, 0.717) is 0 Å². The third-order valence-corrected chi connectivity index (χ3v) is 3.62. The van der Waals surface area contributed by atoms with E-state index in [1.165, 1.54) is 22.3 Å². The van der Waals surface area contributed by atoms with Gasteiger partial charge >= 0.3 is 0 Å². The second kappa shape index (κ2) is 7.03. The minimum absolute atomic E-state index is 1.02. The van der Waals surface area contributed by atoms with E-state index in [1.807, 2.05) is 11.9 Å². The molecule has 22 heavy (non-hydrogen) atoms. The summed E-state index contributed by atoms with van der Waals surface area (Å²) >= 11 is 0. The van der Waals surface area contributed by atoms with Gasteiger partial charge in [-0.25, -0.2) is 9.98 Å². The highest BCUT2D eigenvalue weighted by Crippen LogP contribution is 2.23. The van der Waals surface area contributed by atoms with Crippen molar-refractivity contribution in [3.8, 4) is 0 Å². The molecule has 0 bridgehead atoms. The van der Waals surface area contributed by atoms with Crippen LogP contribution in [0.15, 0.2) is 46.4 Å². The molecule has 0 amide bonds. The number of aliphatic imine (C=N–C) groups is 2. The van der Waals surface area contributed by atoms with Crippen LogP contribution in [0, 0.1) is 27.7 Å². The number of hydrogen-bond acceptors (Lipinski definition) is 2. The summed E-state index contributed by atoms with van der Waals surface area (Å²) in [6.07, 6.45) is 3.60. The van der Waals surface area contributed by atoms with Gasteiger partial charge in [0.2, 0.25) is 0 Å². The number of para-hydroxylation sites is 2. The number of rotatable bonds is 4. The largest absolute Gasteiger partial charge is 0.326 e. The molecule has 0 aliphatic heterocycles. The Balaban J connectivity index is 2.15. The lowest BCUT2D eigenvalue weighted by Gasteiger charge is -2.09. The molecular formula is C19H23N3. The molecule has 0 unspecified atom stereocenters. The maximum absolute atomic E-state index is 4.57. The molecule has 3 heteroatoms. The Labute approximate surface area is 133 Å². The molecule has 0 aliphatic rings. The van der Waals surface area contributed by atoms with Crippen LogP contribution in [-0.2, 0) is 0 Å². The topological polar surface area (TPSA) is 28.0 Å². The highest BCUT2D eigenvalue weighted by Gasteiger charge is 2.00. The molecule has 0 saturated carbocycles. The van der Waals surface area contributed by atoms with E-state index >= 15 is 0 Å². The van der Waals surface area contributed by atoms with Gasteiger partial charge in [-0.15, -0.1) is 0 Å². The van der Waals surface area contributed by atoms with Crippen LogP contribution < -0.4 is 0 Å². The smallest absolute Gasteiger partial charge is 0.0961 e. The summed E-state index contributed by atoms with van der Waals surface area (Å²) in [5, 5.41) is 0. The van der Waals surface area contributed by atoms with Crippen molar-refractivity contribution in [1.29, 1.82) is 0 Å². The highest BCUT2D eigenvalue weighted by atomic mass is 15.1. The van der Waals surface area contributed by atoms with E-state index in [9.17, 15) is 0 Å². The standard InChI is InChI=1S/C19H23N3/c1-14-8-6-9-15(2)18(14)20-12-22(5)13-21-19-16(3)10-7-11-17(19)4/h6-13H,1-5H3. The van der Waals surface area contributed by atoms with Crippen LogP contribution in [-0.4, -0.2) is 24.6 Å². The van der Waals surface area contributed by atoms with E-state index in [1.54, 1.807) is 12.7 Å². The minimum atomic E-state index is 1.02. The Morgan fingerprint density at radius 2 is 1.00 bits per heavy atom. The first-order chi connectivity index (χ1) is 10.5. The van der Waals surface area contributed by atoms with E-state index in [0.717, 1.165) is 11.4 Å². The van der Waals surface area contributed by atoms with E-state index < -0.39 is 0 Å². The summed E-state index contributed by atoms with van der Waals surface area (Å²) in [5.74, 6) is 0. The molecular weight excluding hydrogens is 270 g/mol. The van der Waals surface area contributed by atoms with Crippen molar-refractivity contribution in [1.82, 2.24) is 4.90 Å². The molecule has 0 aromatic heterocycles. The van der Waals surface area contributed by atoms with Gasteiger partial charge in [0.25, 0.3) is 0 Å². The second-order valence-corrected chi connectivity index (χ2v) is 5.64. The van der Waals surface area contributed by atoms with Crippen LogP contribution in [0.1, 0.15) is 22.3 Å². The van der Waals surface area contributed by atoms with Crippen LogP contribution in [0.25, 0.3) is 0 Å². The molecule has 0 heterocycles. The summed E-state index contributed by atoms with van der Waals surface area (Å²) < 4.78 is 0. The SMILES string of the molecule is Cc1cccc(C)c1N=CN(C)C=Nc1c(C)cccc1C. The lowest BCUT2D eigenvalue weighted by molar-refractivity contribution is 0.801. The highest BCUT2D eigenvalue weighted by molar-refractivity contribution is 5.79. The van der Waals surface area contributed by atoms with Gasteiger partial charge in [-0.05, 0) is 49.9 Å². The average Bonchev–Trinajstić information content (AvgIpc) is 2.46. The summed E-state index contributed by atoms with van der Waals surface area (Å²) in [6.45, 7) is 8.30. The third kappa shape index (κ3) is 3.82. The summed E-state index contributed by atoms with van der Waals surface area (Å²) in [4.78, 5) is 11.0. The van der Waals surface area contributed by atoms with Crippen LogP contribution in [0.3, 0.4) is 0 Å². The molecule has 0 atom stereocenters. The van der Waals surface area contributed by atoms with E-state index in [4.69, 9.17) is 0 Å². The number of aryl methyl sites for hydroxylation is 4. The van der Waals surface area contributed by atoms with E-state index in [-0.39, 0.29) is 0 Å². The van der Waals surface area contributed by atoms with Crippen molar-refractivity contribution in [2.45, 2.75) is 27.7 Å². The number of benzene rings is 2. The van der Waals surface area contributed by atoms with E-state index in [2.05, 4.69) is 74.1 Å². The molecule has 0 fully saturated rings. The summed E-state index contributed by atoms with van der Waals surface area (Å²) in [7, 11) is 1.94. The first-order valence-corrected chi connectivity index (χ1v) is 7.42. The Hall–Kier alpha value is -2.42. The fourth-order valence-electron chi connectivity index (χ4n) is 2.35. The first kappa shape index (κ1) is 16.0. The molecule has 0 aliphatic carbocycles. The van der Waals surface area contributed by atoms with Gasteiger partial charge in [-0.2, -0.15) is 0 Å². The Morgan fingerprint density at radius 1 is 0.682 bits per heavy atom. The lowest BCUT2D eigenvalue weighted by Crippen LogP contribution is -2.12. The van der Waals surface area contributed by atoms with Gasteiger partial charge in [-0.1, -0.05) is 36.4 Å². The second-order valence-electron chi connectivity index (χ2n) is 5.64.